The van der Waals surface area contributed by atoms with Crippen LogP contribution in [0.4, 0.5) is 18.9 Å². The first-order chi connectivity index (χ1) is 12.3. The van der Waals surface area contributed by atoms with Crippen LogP contribution in [0.2, 0.25) is 0 Å². The monoisotopic (exact) mass is 355 g/mol. The van der Waals surface area contributed by atoms with Crippen molar-refractivity contribution in [3.63, 3.8) is 0 Å². The van der Waals surface area contributed by atoms with Gasteiger partial charge >= 0.3 is 6.18 Å². The second kappa shape index (κ2) is 6.41. The SMILES string of the molecule is N#Cc1c(-c2ccccc2C(F)(F)F)cc(-c2ccc(N)cc2)[nH]c1=O. The predicted octanol–water partition coefficient (Wildman–Crippen LogP) is 4.18. The van der Waals surface area contributed by atoms with Crippen molar-refractivity contribution in [2.75, 3.05) is 5.73 Å². The summed E-state index contributed by atoms with van der Waals surface area (Å²) in [4.78, 5) is 14.8. The van der Waals surface area contributed by atoms with Crippen LogP contribution in [0.15, 0.2) is 59.4 Å². The van der Waals surface area contributed by atoms with Gasteiger partial charge < -0.3 is 10.7 Å². The van der Waals surface area contributed by atoms with Crippen molar-refractivity contribution in [1.29, 1.82) is 5.26 Å². The fourth-order valence-electron chi connectivity index (χ4n) is 2.67. The fraction of sp³-hybridized carbons (Fsp3) is 0.0526. The molecule has 3 rings (SSSR count). The lowest BCUT2D eigenvalue weighted by Crippen LogP contribution is -2.14. The molecular formula is C19H12F3N3O. The zero-order valence-electron chi connectivity index (χ0n) is 13.3. The van der Waals surface area contributed by atoms with Crippen LogP contribution in [0.5, 0.6) is 0 Å². The summed E-state index contributed by atoms with van der Waals surface area (Å²) < 4.78 is 40.1. The molecule has 3 N–H and O–H groups in total. The third-order valence-corrected chi connectivity index (χ3v) is 3.89. The highest BCUT2D eigenvalue weighted by Gasteiger charge is 2.34. The first-order valence-electron chi connectivity index (χ1n) is 7.51. The van der Waals surface area contributed by atoms with Crippen molar-refractivity contribution in [3.05, 3.63) is 76.1 Å². The summed E-state index contributed by atoms with van der Waals surface area (Å²) >= 11 is 0. The normalized spacial score (nSPS) is 11.2. The summed E-state index contributed by atoms with van der Waals surface area (Å²) in [5, 5.41) is 9.28. The zero-order valence-corrected chi connectivity index (χ0v) is 13.3. The molecular weight excluding hydrogens is 343 g/mol. The Hall–Kier alpha value is -3.53. The standard InChI is InChI=1S/C19H12F3N3O/c20-19(21,22)16-4-2-1-3-13(16)14-9-17(25-18(26)15(14)10-23)11-5-7-12(24)8-6-11/h1-9H,24H2,(H,25,26). The lowest BCUT2D eigenvalue weighted by atomic mass is 9.95. The Morgan fingerprint density at radius 3 is 2.27 bits per heavy atom. The van der Waals surface area contributed by atoms with Crippen molar-refractivity contribution in [3.8, 4) is 28.5 Å². The van der Waals surface area contributed by atoms with Gasteiger partial charge in [0, 0.05) is 16.9 Å². The number of benzene rings is 2. The number of nitrogens with zero attached hydrogens (tertiary/aromatic N) is 1. The van der Waals surface area contributed by atoms with E-state index < -0.39 is 17.3 Å². The number of halogens is 3. The molecule has 1 aromatic heterocycles. The van der Waals surface area contributed by atoms with E-state index in [-0.39, 0.29) is 16.7 Å². The van der Waals surface area contributed by atoms with Gasteiger partial charge in [-0.3, -0.25) is 4.79 Å². The molecule has 130 valence electrons. The molecule has 0 spiro atoms. The first kappa shape index (κ1) is 17.3. The van der Waals surface area contributed by atoms with Crippen LogP contribution in [0, 0.1) is 11.3 Å². The number of anilines is 1. The summed E-state index contributed by atoms with van der Waals surface area (Å²) in [7, 11) is 0. The van der Waals surface area contributed by atoms with E-state index >= 15 is 0 Å². The Morgan fingerprint density at radius 1 is 1.00 bits per heavy atom. The van der Waals surface area contributed by atoms with E-state index in [0.29, 0.717) is 16.9 Å². The van der Waals surface area contributed by atoms with Crippen molar-refractivity contribution in [2.24, 2.45) is 0 Å². The molecule has 3 aromatic rings. The number of aromatic nitrogens is 1. The second-order valence-corrected chi connectivity index (χ2v) is 5.58. The number of nitriles is 1. The lowest BCUT2D eigenvalue weighted by molar-refractivity contribution is -0.137. The molecule has 0 saturated heterocycles. The number of H-pyrrole nitrogens is 1. The molecule has 0 unspecified atom stereocenters. The number of nitrogens with two attached hydrogens (primary N) is 1. The number of alkyl halides is 3. The molecule has 1 heterocycles. The molecule has 0 radical (unpaired) electrons. The Kier molecular flexibility index (Phi) is 4.26. The summed E-state index contributed by atoms with van der Waals surface area (Å²) in [5.74, 6) is 0. The number of nitrogens with one attached hydrogen (secondary N) is 1. The topological polar surface area (TPSA) is 82.7 Å². The van der Waals surface area contributed by atoms with E-state index in [1.807, 2.05) is 0 Å². The minimum atomic E-state index is -4.62. The Morgan fingerprint density at radius 2 is 1.65 bits per heavy atom. The minimum absolute atomic E-state index is 0.0731. The van der Waals surface area contributed by atoms with Crippen molar-refractivity contribution < 1.29 is 13.2 Å². The van der Waals surface area contributed by atoms with Gasteiger partial charge in [-0.25, -0.2) is 0 Å². The maximum Gasteiger partial charge on any atom is 0.417 e. The van der Waals surface area contributed by atoms with Gasteiger partial charge in [0.2, 0.25) is 0 Å². The van der Waals surface area contributed by atoms with Gasteiger partial charge in [-0.1, -0.05) is 30.3 Å². The van der Waals surface area contributed by atoms with Crippen LogP contribution in [0.1, 0.15) is 11.1 Å². The molecule has 2 aromatic carbocycles. The first-order valence-corrected chi connectivity index (χ1v) is 7.51. The van der Waals surface area contributed by atoms with E-state index in [9.17, 15) is 23.2 Å². The molecule has 0 fully saturated rings. The number of aromatic amines is 1. The van der Waals surface area contributed by atoms with Crippen LogP contribution < -0.4 is 11.3 Å². The highest BCUT2D eigenvalue weighted by Crippen LogP contribution is 2.38. The van der Waals surface area contributed by atoms with Crippen LogP contribution >= 0.6 is 0 Å². The fourth-order valence-corrected chi connectivity index (χ4v) is 2.67. The van der Waals surface area contributed by atoms with Crippen LogP contribution in [0.3, 0.4) is 0 Å². The summed E-state index contributed by atoms with van der Waals surface area (Å²) in [6, 6.07) is 14.4. The Bertz CT molecular complexity index is 1060. The van der Waals surface area contributed by atoms with Crippen molar-refractivity contribution >= 4 is 5.69 Å². The van der Waals surface area contributed by atoms with Gasteiger partial charge in [0.05, 0.1) is 5.56 Å². The molecule has 0 aliphatic carbocycles. The average Bonchev–Trinajstić information content (AvgIpc) is 2.61. The van der Waals surface area contributed by atoms with E-state index in [1.165, 1.54) is 24.3 Å². The molecule has 0 aliphatic heterocycles. The molecule has 0 atom stereocenters. The quantitative estimate of drug-likeness (QED) is 0.677. The van der Waals surface area contributed by atoms with Gasteiger partial charge in [-0.15, -0.1) is 0 Å². The molecule has 4 nitrogen and oxygen atoms in total. The summed E-state index contributed by atoms with van der Waals surface area (Å²) in [6.45, 7) is 0. The molecule has 0 aliphatic rings. The van der Waals surface area contributed by atoms with Crippen LogP contribution in [0.25, 0.3) is 22.4 Å². The average molecular weight is 355 g/mol. The molecule has 26 heavy (non-hydrogen) atoms. The third-order valence-electron chi connectivity index (χ3n) is 3.89. The Balaban J connectivity index is 2.30. The van der Waals surface area contributed by atoms with E-state index in [1.54, 1.807) is 30.3 Å². The number of hydrogen-bond acceptors (Lipinski definition) is 3. The van der Waals surface area contributed by atoms with Crippen molar-refractivity contribution in [2.45, 2.75) is 6.18 Å². The largest absolute Gasteiger partial charge is 0.417 e. The van der Waals surface area contributed by atoms with Gasteiger partial charge in [-0.2, -0.15) is 18.4 Å². The number of hydrogen-bond donors (Lipinski definition) is 2. The van der Waals surface area contributed by atoms with Gasteiger partial charge in [0.25, 0.3) is 5.56 Å². The lowest BCUT2D eigenvalue weighted by Gasteiger charge is -2.14. The highest BCUT2D eigenvalue weighted by molar-refractivity contribution is 5.77. The van der Waals surface area contributed by atoms with E-state index in [0.717, 1.165) is 6.07 Å². The molecule has 0 bridgehead atoms. The maximum atomic E-state index is 13.4. The molecule has 7 heteroatoms. The third kappa shape index (κ3) is 3.17. The summed E-state index contributed by atoms with van der Waals surface area (Å²) in [6.07, 6.45) is -4.62. The Labute approximate surface area is 146 Å². The van der Waals surface area contributed by atoms with Gasteiger partial charge in [-0.05, 0) is 35.4 Å². The van der Waals surface area contributed by atoms with Gasteiger partial charge in [0.15, 0.2) is 0 Å². The molecule has 0 saturated carbocycles. The predicted molar refractivity (Wildman–Crippen MR) is 92.1 cm³/mol. The smallest absolute Gasteiger partial charge is 0.399 e. The number of nitrogen functional groups attached to an aromatic ring is 1. The van der Waals surface area contributed by atoms with Crippen LogP contribution in [-0.2, 0) is 6.18 Å². The van der Waals surface area contributed by atoms with E-state index in [2.05, 4.69) is 4.98 Å². The maximum absolute atomic E-state index is 13.4. The summed E-state index contributed by atoms with van der Waals surface area (Å²) in [5.41, 5.74) is 4.65. The van der Waals surface area contributed by atoms with Gasteiger partial charge in [0.1, 0.15) is 11.6 Å². The number of pyridine rings is 1. The minimum Gasteiger partial charge on any atom is -0.399 e. The van der Waals surface area contributed by atoms with Crippen LogP contribution in [-0.4, -0.2) is 4.98 Å². The van der Waals surface area contributed by atoms with E-state index in [4.69, 9.17) is 5.73 Å². The van der Waals surface area contributed by atoms with Crippen molar-refractivity contribution in [1.82, 2.24) is 4.98 Å². The number of rotatable bonds is 2. The molecule has 0 amide bonds. The highest BCUT2D eigenvalue weighted by atomic mass is 19.4. The zero-order chi connectivity index (χ0) is 18.9. The second-order valence-electron chi connectivity index (χ2n) is 5.58.